The van der Waals surface area contributed by atoms with Crippen molar-refractivity contribution in [3.63, 3.8) is 0 Å². The lowest BCUT2D eigenvalue weighted by atomic mass is 10.1. The summed E-state index contributed by atoms with van der Waals surface area (Å²) < 4.78 is 32.8. The van der Waals surface area contributed by atoms with Crippen molar-refractivity contribution < 1.29 is 34.4 Å². The highest BCUT2D eigenvalue weighted by Gasteiger charge is 2.21. The zero-order valence-corrected chi connectivity index (χ0v) is 18.8. The highest BCUT2D eigenvalue weighted by molar-refractivity contribution is 6.01. The molecule has 0 aromatic heterocycles. The van der Waals surface area contributed by atoms with Gasteiger partial charge in [-0.15, -0.1) is 0 Å². The van der Waals surface area contributed by atoms with Crippen LogP contribution in [0.1, 0.15) is 70.8 Å². The minimum atomic E-state index is -0.912. The number of benzene rings is 2. The standard InChI is InChI=1S/C11H12FNO3.C11H10FNO2.C2H6.CH4/c1-7(14)13-10-6-8(2-4-9(10)12)3-5-11(15)16;1-6(14)13-10-4-7-2-3-11(15)8(7)5-9(10)12;1-2;/h2,4,6H,3,5H2,1H3,(H,13,14)(H,15,16);4-5H,2-3H2,1H3,(H,13,14);1-2H3;1H4/i;;1D;. The first kappa shape index (κ1) is 28.4. The molecule has 34 heavy (non-hydrogen) atoms. The van der Waals surface area contributed by atoms with Crippen LogP contribution < -0.4 is 10.6 Å². The second-order valence-corrected chi connectivity index (χ2v) is 6.98. The summed E-state index contributed by atoms with van der Waals surface area (Å²) in [5.74, 6) is -2.72. The second kappa shape index (κ2) is 14.5. The van der Waals surface area contributed by atoms with Crippen LogP contribution in [0.4, 0.5) is 20.2 Å². The Morgan fingerprint density at radius 2 is 1.56 bits per heavy atom. The van der Waals surface area contributed by atoms with Gasteiger partial charge in [0.2, 0.25) is 11.8 Å². The van der Waals surface area contributed by atoms with Crippen LogP contribution in [-0.2, 0) is 27.2 Å². The van der Waals surface area contributed by atoms with Crippen molar-refractivity contribution in [3.05, 3.63) is 58.7 Å². The molecule has 2 aromatic rings. The number of anilines is 2. The zero-order valence-electron chi connectivity index (χ0n) is 19.8. The van der Waals surface area contributed by atoms with E-state index >= 15 is 0 Å². The summed E-state index contributed by atoms with van der Waals surface area (Å²) in [5.41, 5.74) is 2.16. The van der Waals surface area contributed by atoms with E-state index in [4.69, 9.17) is 6.48 Å². The zero-order chi connectivity index (χ0) is 25.8. The Bertz CT molecular complexity index is 1060. The molecule has 1 aliphatic rings. The monoisotopic (exact) mass is 479 g/mol. The molecule has 0 spiro atoms. The third-order valence-electron chi connectivity index (χ3n) is 4.39. The highest BCUT2D eigenvalue weighted by Crippen LogP contribution is 2.27. The molecule has 3 N–H and O–H groups in total. The van der Waals surface area contributed by atoms with Gasteiger partial charge >= 0.3 is 5.97 Å². The molecule has 2 amide bonds. The van der Waals surface area contributed by atoms with E-state index in [2.05, 4.69) is 10.6 Å². The summed E-state index contributed by atoms with van der Waals surface area (Å²) >= 11 is 0. The maximum absolute atomic E-state index is 13.4. The number of nitrogens with one attached hydrogen (secondary N) is 2. The van der Waals surface area contributed by atoms with Crippen molar-refractivity contribution in [1.29, 1.82) is 0 Å². The Hall–Kier alpha value is -3.62. The number of fused-ring (bicyclic) bond motifs is 1. The van der Waals surface area contributed by atoms with Crippen molar-refractivity contribution in [2.75, 3.05) is 10.6 Å². The van der Waals surface area contributed by atoms with Gasteiger partial charge in [0, 0.05) is 33.6 Å². The van der Waals surface area contributed by atoms with Crippen LogP contribution in [-0.4, -0.2) is 28.7 Å². The highest BCUT2D eigenvalue weighted by atomic mass is 19.1. The van der Waals surface area contributed by atoms with Gasteiger partial charge in [0.15, 0.2) is 5.78 Å². The van der Waals surface area contributed by atoms with Gasteiger partial charge in [-0.3, -0.25) is 19.2 Å². The van der Waals surface area contributed by atoms with Gasteiger partial charge in [0.05, 0.1) is 11.4 Å². The van der Waals surface area contributed by atoms with Crippen LogP contribution in [0.25, 0.3) is 0 Å². The summed E-state index contributed by atoms with van der Waals surface area (Å²) in [6.07, 6.45) is 1.34. The number of Topliss-reactive ketones (excluding diaryl/α,β-unsaturated/α-hetero) is 1. The molecule has 9 heteroatoms. The van der Waals surface area contributed by atoms with E-state index in [0.717, 1.165) is 5.56 Å². The first-order valence-electron chi connectivity index (χ1n) is 10.9. The topological polar surface area (TPSA) is 113 Å². The summed E-state index contributed by atoms with van der Waals surface area (Å²) in [6.45, 7) is 4.89. The number of carbonyl (C=O) groups is 4. The normalized spacial score (nSPS) is 11.3. The molecule has 0 saturated heterocycles. The number of aliphatic carboxylic acids is 1. The van der Waals surface area contributed by atoms with E-state index in [1.165, 1.54) is 44.2 Å². The molecule has 0 bridgehead atoms. The largest absolute Gasteiger partial charge is 0.481 e. The summed E-state index contributed by atoms with van der Waals surface area (Å²) in [5, 5.41) is 13.2. The number of amides is 2. The molecule has 0 saturated carbocycles. The Morgan fingerprint density at radius 3 is 2.09 bits per heavy atom. The van der Waals surface area contributed by atoms with Gasteiger partial charge in [0.1, 0.15) is 11.6 Å². The third kappa shape index (κ3) is 9.48. The predicted molar refractivity (Wildman–Crippen MR) is 128 cm³/mol. The molecule has 0 heterocycles. The number of carboxylic acids is 1. The summed E-state index contributed by atoms with van der Waals surface area (Å²) in [7, 11) is 0. The molecule has 0 fully saturated rings. The summed E-state index contributed by atoms with van der Waals surface area (Å²) in [4.78, 5) is 43.2. The lowest BCUT2D eigenvalue weighted by molar-refractivity contribution is -0.137. The minimum absolute atomic E-state index is 0. The fourth-order valence-corrected chi connectivity index (χ4v) is 3.02. The van der Waals surface area contributed by atoms with E-state index in [9.17, 15) is 28.0 Å². The Morgan fingerprint density at radius 1 is 1.00 bits per heavy atom. The Labute approximate surface area is 200 Å². The van der Waals surface area contributed by atoms with E-state index in [1.54, 1.807) is 6.92 Å². The number of hydrogen-bond donors (Lipinski definition) is 3. The van der Waals surface area contributed by atoms with E-state index in [0.29, 0.717) is 37.3 Å². The van der Waals surface area contributed by atoms with Crippen LogP contribution in [0.15, 0.2) is 30.3 Å². The second-order valence-electron chi connectivity index (χ2n) is 6.98. The third-order valence-corrected chi connectivity index (χ3v) is 4.39. The molecule has 1 aliphatic carbocycles. The fourth-order valence-electron chi connectivity index (χ4n) is 3.02. The number of carbonyl (C=O) groups excluding carboxylic acids is 3. The maximum Gasteiger partial charge on any atom is 0.303 e. The lowest BCUT2D eigenvalue weighted by Crippen LogP contribution is -2.08. The quantitative estimate of drug-likeness (QED) is 0.533. The molecule has 0 atom stereocenters. The van der Waals surface area contributed by atoms with Gasteiger partial charge in [-0.25, -0.2) is 8.78 Å². The summed E-state index contributed by atoms with van der Waals surface area (Å²) in [6, 6.07) is 6.90. The average Bonchev–Trinajstić information content (AvgIpc) is 3.09. The number of ketones is 1. The van der Waals surface area contributed by atoms with Crippen LogP contribution in [0.2, 0.25) is 0 Å². The Balaban J connectivity index is 0.000000580. The number of aryl methyl sites for hydroxylation is 2. The number of halogens is 2. The maximum atomic E-state index is 13.4. The average molecular weight is 480 g/mol. The predicted octanol–water partition coefficient (Wildman–Crippen LogP) is 5.38. The van der Waals surface area contributed by atoms with Crippen molar-refractivity contribution in [2.24, 2.45) is 0 Å². The van der Waals surface area contributed by atoms with Crippen LogP contribution in [0.3, 0.4) is 0 Å². The van der Waals surface area contributed by atoms with E-state index in [-0.39, 0.29) is 42.8 Å². The van der Waals surface area contributed by atoms with Gasteiger partial charge in [-0.05, 0) is 48.2 Å². The number of rotatable bonds is 5. The molecule has 0 unspecified atom stereocenters. The van der Waals surface area contributed by atoms with Crippen LogP contribution >= 0.6 is 0 Å². The molecule has 3 rings (SSSR count). The van der Waals surface area contributed by atoms with Crippen molar-refractivity contribution in [3.8, 4) is 0 Å². The first-order chi connectivity index (χ1) is 16.0. The van der Waals surface area contributed by atoms with E-state index in [1.807, 2.05) is 0 Å². The lowest BCUT2D eigenvalue weighted by Gasteiger charge is -2.06. The number of carboxylic acid groups (broad SMARTS) is 1. The van der Waals surface area contributed by atoms with Gasteiger partial charge < -0.3 is 15.7 Å². The molecule has 7 nitrogen and oxygen atoms in total. The molecule has 2 aromatic carbocycles. The van der Waals surface area contributed by atoms with Gasteiger partial charge in [-0.2, -0.15) is 0 Å². The van der Waals surface area contributed by atoms with Gasteiger partial charge in [0.25, 0.3) is 0 Å². The van der Waals surface area contributed by atoms with Crippen LogP contribution in [0.5, 0.6) is 0 Å². The van der Waals surface area contributed by atoms with E-state index < -0.39 is 17.6 Å². The number of hydrogen-bond acceptors (Lipinski definition) is 4. The van der Waals surface area contributed by atoms with Crippen molar-refractivity contribution in [1.82, 2.24) is 0 Å². The van der Waals surface area contributed by atoms with Gasteiger partial charge in [-0.1, -0.05) is 27.3 Å². The fraction of sp³-hybridized carbons (Fsp3) is 0.360. The minimum Gasteiger partial charge on any atom is -0.481 e. The molecule has 0 aliphatic heterocycles. The molecule has 0 radical (unpaired) electrons. The first-order valence-corrected chi connectivity index (χ1v) is 10.2. The Kier molecular flexibility index (Phi) is 12.1. The van der Waals surface area contributed by atoms with Crippen LogP contribution in [0, 0.1) is 11.6 Å². The van der Waals surface area contributed by atoms with Crippen molar-refractivity contribution >= 4 is 34.9 Å². The van der Waals surface area contributed by atoms with Crippen molar-refractivity contribution in [2.45, 2.75) is 60.8 Å². The smallest absolute Gasteiger partial charge is 0.303 e. The molecule has 186 valence electrons. The molecular weight excluding hydrogens is 446 g/mol. The SMILES string of the molecule is C.CC(=O)Nc1cc(CCC(=O)O)ccc1F.CC(=O)Nc1cc2c(cc1F)C(=O)CC2.[2H]CC. The molecular formula is C25H32F2N2O5.